The third kappa shape index (κ3) is 7.42. The molecule has 3 nitrogen and oxygen atoms in total. The molecule has 1 atom stereocenters. The molecule has 204 valence electrons. The van der Waals surface area contributed by atoms with Crippen LogP contribution in [0.3, 0.4) is 0 Å². The summed E-state index contributed by atoms with van der Waals surface area (Å²) in [6.45, 7) is 2.02. The van der Waals surface area contributed by atoms with Crippen molar-refractivity contribution in [3.05, 3.63) is 131 Å². The quantitative estimate of drug-likeness (QED) is 0.227. The molecular formula is C32H32ClF3N2O. The lowest BCUT2D eigenvalue weighted by atomic mass is 9.97. The third-order valence-electron chi connectivity index (χ3n) is 6.59. The molecule has 0 unspecified atom stereocenters. The average molecular weight is 553 g/mol. The molecule has 0 aromatic heterocycles. The topological polar surface area (TPSA) is 32.3 Å². The number of hydrogen-bond donors (Lipinski definition) is 1. The summed E-state index contributed by atoms with van der Waals surface area (Å²) in [4.78, 5) is 15.4. The molecule has 0 aliphatic carbocycles. The van der Waals surface area contributed by atoms with Gasteiger partial charge in [0.25, 0.3) is 0 Å². The summed E-state index contributed by atoms with van der Waals surface area (Å²) < 4.78 is 38.7. The Labute approximate surface area is 234 Å². The smallest absolute Gasteiger partial charge is 0.357 e. The monoisotopic (exact) mass is 552 g/mol. The molecule has 0 aliphatic heterocycles. The maximum atomic E-state index is 13.4. The number of carbonyl (C=O) groups excluding carboxylic acids is 1. The largest absolute Gasteiger partial charge is 0.416 e. The number of likely N-dealkylation sites (N-methyl/N-ethyl adjacent to an activating group) is 1. The van der Waals surface area contributed by atoms with Crippen LogP contribution in [0.4, 0.5) is 24.5 Å². The van der Waals surface area contributed by atoms with Crippen molar-refractivity contribution in [1.82, 2.24) is 5.32 Å². The molecule has 0 spiro atoms. The van der Waals surface area contributed by atoms with Crippen LogP contribution in [-0.2, 0) is 23.8 Å². The van der Waals surface area contributed by atoms with Gasteiger partial charge < -0.3 is 10.2 Å². The highest BCUT2D eigenvalue weighted by Gasteiger charge is 2.31. The van der Waals surface area contributed by atoms with E-state index in [0.29, 0.717) is 12.8 Å². The molecule has 39 heavy (non-hydrogen) atoms. The van der Waals surface area contributed by atoms with Gasteiger partial charge >= 0.3 is 6.18 Å². The Balaban J connectivity index is 0.00000420. The number of nitrogens with zero attached hydrogens (tertiary/aromatic N) is 1. The summed E-state index contributed by atoms with van der Waals surface area (Å²) in [7, 11) is 1.64. The normalized spacial score (nSPS) is 11.8. The second-order valence-corrected chi connectivity index (χ2v) is 9.31. The standard InChI is InChI=1S/C32H31F3N2O.ClH/c1-23-10-8-16-28(22-23)37(30(31(38)36-2)26-13-4-3-5-14-26)29-17-7-6-12-25(29)15-9-11-24-18-20-27(21-19-24)32(33,34)35;/h3-8,10,12-14,16-22,30H,9,11,15H2,1-2H3,(H,36,38);1H/t30-;/m1./s1. The highest BCUT2D eigenvalue weighted by Crippen LogP contribution is 2.38. The first-order chi connectivity index (χ1) is 18.3. The highest BCUT2D eigenvalue weighted by molar-refractivity contribution is 5.90. The summed E-state index contributed by atoms with van der Waals surface area (Å²) in [6.07, 6.45) is -2.24. The van der Waals surface area contributed by atoms with Gasteiger partial charge in [0.05, 0.1) is 5.56 Å². The van der Waals surface area contributed by atoms with Gasteiger partial charge in [-0.2, -0.15) is 13.2 Å². The molecule has 0 heterocycles. The van der Waals surface area contributed by atoms with Crippen LogP contribution in [0.2, 0.25) is 0 Å². The Bertz CT molecular complexity index is 1360. The molecule has 1 N–H and O–H groups in total. The molecule has 0 saturated heterocycles. The first-order valence-electron chi connectivity index (χ1n) is 12.6. The van der Waals surface area contributed by atoms with Crippen LogP contribution in [0.1, 0.15) is 40.3 Å². The molecule has 7 heteroatoms. The van der Waals surface area contributed by atoms with E-state index in [2.05, 4.69) is 22.3 Å². The van der Waals surface area contributed by atoms with Crippen molar-refractivity contribution in [1.29, 1.82) is 0 Å². The second-order valence-electron chi connectivity index (χ2n) is 9.31. The molecule has 1 amide bonds. The minimum atomic E-state index is -4.34. The Morgan fingerprint density at radius 2 is 1.51 bits per heavy atom. The van der Waals surface area contributed by atoms with Crippen LogP contribution in [0.15, 0.2) is 103 Å². The number of anilines is 2. The van der Waals surface area contributed by atoms with Crippen LogP contribution in [0.5, 0.6) is 0 Å². The zero-order valence-corrected chi connectivity index (χ0v) is 22.7. The highest BCUT2D eigenvalue weighted by atomic mass is 35.5. The fourth-order valence-corrected chi connectivity index (χ4v) is 4.70. The molecule has 4 aromatic carbocycles. The predicted molar refractivity (Wildman–Crippen MR) is 154 cm³/mol. The van der Waals surface area contributed by atoms with Crippen LogP contribution in [0, 0.1) is 6.92 Å². The first kappa shape index (κ1) is 29.8. The zero-order valence-electron chi connectivity index (χ0n) is 21.9. The Morgan fingerprint density at radius 1 is 0.846 bits per heavy atom. The number of rotatable bonds is 9. The van der Waals surface area contributed by atoms with E-state index in [9.17, 15) is 18.0 Å². The van der Waals surface area contributed by atoms with Crippen molar-refractivity contribution in [2.24, 2.45) is 0 Å². The predicted octanol–water partition coefficient (Wildman–Crippen LogP) is 8.24. The lowest BCUT2D eigenvalue weighted by Gasteiger charge is -2.34. The molecule has 0 fully saturated rings. The fraction of sp³-hybridized carbons (Fsp3) is 0.219. The first-order valence-corrected chi connectivity index (χ1v) is 12.6. The minimum absolute atomic E-state index is 0. The number of amides is 1. The van der Waals surface area contributed by atoms with Gasteiger partial charge in [0.2, 0.25) is 5.91 Å². The Kier molecular flexibility index (Phi) is 10.2. The van der Waals surface area contributed by atoms with E-state index in [4.69, 9.17) is 0 Å². The van der Waals surface area contributed by atoms with E-state index in [1.807, 2.05) is 73.7 Å². The average Bonchev–Trinajstić information content (AvgIpc) is 2.92. The van der Waals surface area contributed by atoms with Crippen molar-refractivity contribution in [2.45, 2.75) is 38.4 Å². The van der Waals surface area contributed by atoms with Gasteiger partial charge in [0.15, 0.2) is 0 Å². The lowest BCUT2D eigenvalue weighted by molar-refractivity contribution is -0.137. The number of para-hydroxylation sites is 1. The van der Waals surface area contributed by atoms with Crippen molar-refractivity contribution in [2.75, 3.05) is 11.9 Å². The summed E-state index contributed by atoms with van der Waals surface area (Å²) in [5.74, 6) is -0.128. The van der Waals surface area contributed by atoms with Crippen LogP contribution in [-0.4, -0.2) is 13.0 Å². The Morgan fingerprint density at radius 3 is 2.15 bits per heavy atom. The van der Waals surface area contributed by atoms with E-state index in [1.165, 1.54) is 0 Å². The number of halogens is 4. The molecule has 0 radical (unpaired) electrons. The third-order valence-corrected chi connectivity index (χ3v) is 6.59. The number of nitrogens with one attached hydrogen (secondary N) is 1. The summed E-state index contributed by atoms with van der Waals surface area (Å²) >= 11 is 0. The van der Waals surface area contributed by atoms with Crippen molar-refractivity contribution < 1.29 is 18.0 Å². The van der Waals surface area contributed by atoms with E-state index >= 15 is 0 Å². The Hall–Kier alpha value is -3.77. The maximum Gasteiger partial charge on any atom is 0.416 e. The molecule has 0 aliphatic rings. The van der Waals surface area contributed by atoms with Crippen molar-refractivity contribution >= 4 is 29.7 Å². The van der Waals surface area contributed by atoms with Gasteiger partial charge in [0, 0.05) is 18.4 Å². The van der Waals surface area contributed by atoms with Crippen molar-refractivity contribution in [3.8, 4) is 0 Å². The molecular weight excluding hydrogens is 521 g/mol. The molecule has 4 rings (SSSR count). The number of benzene rings is 4. The zero-order chi connectivity index (χ0) is 27.1. The van der Waals surface area contributed by atoms with Gasteiger partial charge in [-0.1, -0.05) is 72.8 Å². The minimum Gasteiger partial charge on any atom is -0.357 e. The lowest BCUT2D eigenvalue weighted by Crippen LogP contribution is -2.37. The van der Waals surface area contributed by atoms with Gasteiger partial charge in [-0.05, 0) is 78.8 Å². The van der Waals surface area contributed by atoms with Gasteiger partial charge in [-0.3, -0.25) is 4.79 Å². The summed E-state index contributed by atoms with van der Waals surface area (Å²) in [6, 6.07) is 30.5. The number of carbonyl (C=O) groups is 1. The summed E-state index contributed by atoms with van der Waals surface area (Å²) in [5.41, 5.74) is 5.05. The SMILES string of the molecule is CNC(=O)[C@@H](c1ccccc1)N(c1cccc(C)c1)c1ccccc1CCCc1ccc(C(F)(F)F)cc1.Cl. The summed E-state index contributed by atoms with van der Waals surface area (Å²) in [5, 5.41) is 2.84. The van der Waals surface area contributed by atoms with Crippen LogP contribution in [0.25, 0.3) is 0 Å². The van der Waals surface area contributed by atoms with Crippen LogP contribution < -0.4 is 10.2 Å². The molecule has 0 bridgehead atoms. The van der Waals surface area contributed by atoms with Crippen molar-refractivity contribution in [3.63, 3.8) is 0 Å². The molecule has 4 aromatic rings. The van der Waals surface area contributed by atoms with Gasteiger partial charge in [0.1, 0.15) is 6.04 Å². The van der Waals surface area contributed by atoms with Gasteiger partial charge in [-0.15, -0.1) is 12.4 Å². The van der Waals surface area contributed by atoms with E-state index in [1.54, 1.807) is 19.2 Å². The van der Waals surface area contributed by atoms with E-state index in [-0.39, 0.29) is 18.3 Å². The second kappa shape index (κ2) is 13.3. The maximum absolute atomic E-state index is 13.4. The van der Waals surface area contributed by atoms with E-state index in [0.717, 1.165) is 52.2 Å². The number of hydrogen-bond acceptors (Lipinski definition) is 2. The number of alkyl halides is 3. The number of aryl methyl sites for hydroxylation is 3. The van der Waals surface area contributed by atoms with Crippen LogP contribution >= 0.6 is 12.4 Å². The fourth-order valence-electron chi connectivity index (χ4n) is 4.70. The van der Waals surface area contributed by atoms with E-state index < -0.39 is 17.8 Å². The van der Waals surface area contributed by atoms with Gasteiger partial charge in [-0.25, -0.2) is 0 Å². The molecule has 0 saturated carbocycles.